The van der Waals surface area contributed by atoms with E-state index >= 15 is 0 Å². The van der Waals surface area contributed by atoms with Crippen molar-refractivity contribution < 1.29 is 71.7 Å². The lowest BCUT2D eigenvalue weighted by Crippen LogP contribution is -2.33. The topological polar surface area (TPSA) is 256 Å². The first-order valence-electron chi connectivity index (χ1n) is 16.9. The fourth-order valence-electron chi connectivity index (χ4n) is 5.27. The van der Waals surface area contributed by atoms with Crippen LogP contribution in [0.15, 0.2) is 30.5 Å². The molecule has 1 saturated heterocycles. The number of hydrogen-bond acceptors (Lipinski definition) is 16. The molecule has 0 aliphatic carbocycles. The van der Waals surface area contributed by atoms with Gasteiger partial charge >= 0.3 is 15.2 Å². The molecule has 2 aromatic heterocycles. The zero-order valence-corrected chi connectivity index (χ0v) is 32.5. The molecule has 0 saturated carbocycles. The maximum atomic E-state index is 12.1. The normalized spacial score (nSPS) is 19.7. The number of anilines is 1. The van der Waals surface area contributed by atoms with E-state index in [0.717, 1.165) is 5.56 Å². The summed E-state index contributed by atoms with van der Waals surface area (Å²) in [5.41, 5.74) is 1.01. The lowest BCUT2D eigenvalue weighted by Gasteiger charge is -2.24. The van der Waals surface area contributed by atoms with Crippen molar-refractivity contribution in [2.24, 2.45) is 0 Å². The Morgan fingerprint density at radius 3 is 2.29 bits per heavy atom. The van der Waals surface area contributed by atoms with Crippen molar-refractivity contribution in [2.45, 2.75) is 31.1 Å². The van der Waals surface area contributed by atoms with Crippen molar-refractivity contribution in [1.82, 2.24) is 19.7 Å². The molecular weight excluding hydrogens is 792 g/mol. The standard InChI is InChI=1S/C32H46ClN5O15P2/c1-3-8-47-10-11-48-12-13-49-14-15-50-16-17-51-24-6-4-5-23(18-24)20-37(7-9-46-2)29-25-19-34-38(30(25)36-32(33)35-29)31-28(40)27(39)26(53-31)21-52-55(44,45)22-54(41,42)43/h1,4-6,18-19,26-28,31,39-40H,7-17,20-22H2,2H3,(H,44,45)(H2,41,42,43)/t26-,27-,28-,31-/m1/s1. The smallest absolute Gasteiger partial charge is 0.340 e. The zero-order valence-electron chi connectivity index (χ0n) is 30.0. The third kappa shape index (κ3) is 14.6. The first-order chi connectivity index (χ1) is 26.3. The summed E-state index contributed by atoms with van der Waals surface area (Å²) < 4.78 is 67.9. The molecule has 23 heteroatoms. The number of fused-ring (bicyclic) bond motifs is 1. The predicted octanol–water partition coefficient (Wildman–Crippen LogP) is 1.17. The van der Waals surface area contributed by atoms with Gasteiger partial charge in [0.15, 0.2) is 17.8 Å². The van der Waals surface area contributed by atoms with Crippen LogP contribution in [0.4, 0.5) is 5.82 Å². The minimum Gasteiger partial charge on any atom is -0.491 e. The van der Waals surface area contributed by atoms with Crippen LogP contribution in [-0.4, -0.2) is 155 Å². The Hall–Kier alpha value is -2.80. The summed E-state index contributed by atoms with van der Waals surface area (Å²) in [6, 6.07) is 7.46. The van der Waals surface area contributed by atoms with Gasteiger partial charge in [-0.1, -0.05) is 18.1 Å². The number of aliphatic hydroxyl groups excluding tert-OH is 2. The lowest BCUT2D eigenvalue weighted by molar-refractivity contribution is -0.0541. The Bertz CT molecular complexity index is 1780. The third-order valence-electron chi connectivity index (χ3n) is 7.72. The van der Waals surface area contributed by atoms with E-state index in [0.29, 0.717) is 89.5 Å². The van der Waals surface area contributed by atoms with Crippen LogP contribution in [0.2, 0.25) is 5.28 Å². The highest BCUT2D eigenvalue weighted by Gasteiger charge is 2.46. The first-order valence-corrected chi connectivity index (χ1v) is 20.9. The van der Waals surface area contributed by atoms with E-state index in [4.69, 9.17) is 65.5 Å². The molecule has 1 aromatic carbocycles. The van der Waals surface area contributed by atoms with Crippen molar-refractivity contribution in [3.8, 4) is 18.1 Å². The highest BCUT2D eigenvalue weighted by Crippen LogP contribution is 2.55. The Labute approximate surface area is 322 Å². The van der Waals surface area contributed by atoms with Gasteiger partial charge in [-0.05, 0) is 29.3 Å². The van der Waals surface area contributed by atoms with E-state index < -0.39 is 52.2 Å². The van der Waals surface area contributed by atoms with Crippen LogP contribution >= 0.6 is 26.8 Å². The van der Waals surface area contributed by atoms with Gasteiger partial charge in [0.05, 0.1) is 71.0 Å². The third-order valence-corrected chi connectivity index (χ3v) is 11.3. The summed E-state index contributed by atoms with van der Waals surface area (Å²) in [5.74, 6) is 1.96. The van der Waals surface area contributed by atoms with Gasteiger partial charge in [0.1, 0.15) is 43.1 Å². The van der Waals surface area contributed by atoms with Crippen LogP contribution in [0, 0.1) is 12.3 Å². The quantitative estimate of drug-likeness (QED) is 0.0329. The minimum atomic E-state index is -4.89. The van der Waals surface area contributed by atoms with Gasteiger partial charge in [-0.25, -0.2) is 4.68 Å². The number of benzene rings is 1. The van der Waals surface area contributed by atoms with Crippen LogP contribution < -0.4 is 9.64 Å². The molecule has 20 nitrogen and oxygen atoms in total. The molecule has 0 amide bonds. The van der Waals surface area contributed by atoms with E-state index in [1.165, 1.54) is 10.9 Å². The molecule has 1 fully saturated rings. The minimum absolute atomic E-state index is 0.141. The molecule has 1 unspecified atom stereocenters. The molecule has 3 aromatic rings. The number of terminal acetylenes is 1. The first kappa shape index (κ1) is 44.9. The molecule has 1 aliphatic heterocycles. The van der Waals surface area contributed by atoms with Gasteiger partial charge in [-0.2, -0.15) is 15.1 Å². The van der Waals surface area contributed by atoms with E-state index in [-0.39, 0.29) is 17.5 Å². The average Bonchev–Trinajstić information content (AvgIpc) is 3.67. The average molecular weight is 838 g/mol. The number of ether oxygens (including phenoxy) is 7. The molecule has 3 heterocycles. The Morgan fingerprint density at radius 1 is 0.964 bits per heavy atom. The van der Waals surface area contributed by atoms with Crippen LogP contribution in [-0.2, 0) is 48.6 Å². The Balaban J connectivity index is 1.34. The molecule has 4 rings (SSSR count). The highest BCUT2D eigenvalue weighted by atomic mass is 35.5. The van der Waals surface area contributed by atoms with Crippen LogP contribution in [0.5, 0.6) is 5.75 Å². The maximum absolute atomic E-state index is 12.1. The molecule has 1 aliphatic rings. The van der Waals surface area contributed by atoms with Gasteiger partial charge in [0, 0.05) is 20.2 Å². The SMILES string of the molecule is C#CCOCCOCCOCCOCCOc1cccc(CN(CCOC)c2nc(Cl)nc3c2cnn3[C@@H]2O[C@H](COP(=O)(O)CP(=O)(O)O)[C@@H](O)[C@H]2O)c1. The molecule has 0 bridgehead atoms. The largest absolute Gasteiger partial charge is 0.491 e. The Kier molecular flexibility index (Phi) is 18.1. The van der Waals surface area contributed by atoms with Crippen molar-refractivity contribution in [3.63, 3.8) is 0 Å². The Morgan fingerprint density at radius 2 is 1.64 bits per heavy atom. The maximum Gasteiger partial charge on any atom is 0.340 e. The second-order valence-corrected chi connectivity index (χ2v) is 16.3. The van der Waals surface area contributed by atoms with E-state index in [1.807, 2.05) is 29.2 Å². The second kappa shape index (κ2) is 22.2. The van der Waals surface area contributed by atoms with E-state index in [9.17, 15) is 24.2 Å². The van der Waals surface area contributed by atoms with Crippen molar-refractivity contribution >= 4 is 43.6 Å². The van der Waals surface area contributed by atoms with Gasteiger partial charge < -0.3 is 67.5 Å². The fraction of sp³-hybridized carbons (Fsp3) is 0.594. The van der Waals surface area contributed by atoms with Crippen molar-refractivity contribution in [3.05, 3.63) is 41.3 Å². The van der Waals surface area contributed by atoms with E-state index in [1.54, 1.807) is 7.11 Å². The number of nitrogens with zero attached hydrogens (tertiary/aromatic N) is 5. The van der Waals surface area contributed by atoms with Gasteiger partial charge in [0.25, 0.3) is 0 Å². The summed E-state index contributed by atoms with van der Waals surface area (Å²) >= 11 is 6.39. The number of hydrogen-bond donors (Lipinski definition) is 5. The van der Waals surface area contributed by atoms with E-state index in [2.05, 4.69) is 21.0 Å². The molecule has 306 valence electrons. The van der Waals surface area contributed by atoms with Gasteiger partial charge in [-0.3, -0.25) is 9.13 Å². The lowest BCUT2D eigenvalue weighted by atomic mass is 10.1. The highest BCUT2D eigenvalue weighted by molar-refractivity contribution is 7.70. The van der Waals surface area contributed by atoms with Crippen LogP contribution in [0.25, 0.3) is 11.0 Å². The molecule has 5 N–H and O–H groups in total. The zero-order chi connectivity index (χ0) is 39.8. The van der Waals surface area contributed by atoms with Gasteiger partial charge in [0.2, 0.25) is 5.28 Å². The fourth-order valence-corrected chi connectivity index (χ4v) is 8.00. The van der Waals surface area contributed by atoms with Crippen molar-refractivity contribution in [2.75, 3.05) is 97.1 Å². The summed E-state index contributed by atoms with van der Waals surface area (Å²) in [6.07, 6.45) is 0.587. The van der Waals surface area contributed by atoms with Crippen LogP contribution in [0.1, 0.15) is 11.8 Å². The van der Waals surface area contributed by atoms with Gasteiger partial charge in [-0.15, -0.1) is 6.42 Å². The summed E-state index contributed by atoms with van der Waals surface area (Å²) in [4.78, 5) is 38.6. The molecule has 0 radical (unpaired) electrons. The number of aromatic nitrogens is 4. The number of rotatable bonds is 26. The number of halogens is 1. The summed E-state index contributed by atoms with van der Waals surface area (Å²) in [7, 11) is -8.08. The summed E-state index contributed by atoms with van der Waals surface area (Å²) in [5, 5.41) is 26.1. The molecule has 55 heavy (non-hydrogen) atoms. The van der Waals surface area contributed by atoms with Crippen molar-refractivity contribution in [1.29, 1.82) is 0 Å². The monoisotopic (exact) mass is 837 g/mol. The molecular formula is C32H46ClN5O15P2. The summed E-state index contributed by atoms with van der Waals surface area (Å²) in [6.45, 7) is 3.73. The molecule has 5 atom stereocenters. The number of methoxy groups -OCH3 is 1. The molecule has 0 spiro atoms. The second-order valence-electron chi connectivity index (χ2n) is 11.9. The number of aliphatic hydroxyl groups is 2. The predicted molar refractivity (Wildman–Crippen MR) is 196 cm³/mol. The van der Waals surface area contributed by atoms with Crippen LogP contribution in [0.3, 0.4) is 0 Å².